The molecule has 6 nitrogen and oxygen atoms in total. The summed E-state index contributed by atoms with van der Waals surface area (Å²) in [7, 11) is 0. The highest BCUT2D eigenvalue weighted by atomic mass is 35.5. The molecule has 0 radical (unpaired) electrons. The normalized spacial score (nSPS) is 13.9. The molecule has 162 valence electrons. The minimum atomic E-state index is -0.0746. The third-order valence-corrected chi connectivity index (χ3v) is 5.83. The van der Waals surface area contributed by atoms with Crippen LogP contribution in [0.25, 0.3) is 22.0 Å². The molecule has 0 atom stereocenters. The third-order valence-electron chi connectivity index (χ3n) is 4.76. The number of hydrogen-bond donors (Lipinski definition) is 2. The number of piperazine rings is 1. The summed E-state index contributed by atoms with van der Waals surface area (Å²) in [4.78, 5) is 20.6. The van der Waals surface area contributed by atoms with Gasteiger partial charge in [0.2, 0.25) is 0 Å². The number of halogens is 2. The molecule has 1 aliphatic heterocycles. The minimum absolute atomic E-state index is 0. The second kappa shape index (κ2) is 12.1. The lowest BCUT2D eigenvalue weighted by molar-refractivity contribution is 0.0955. The number of carbonyl (C=O) groups is 1. The second-order valence-electron chi connectivity index (χ2n) is 6.74. The van der Waals surface area contributed by atoms with E-state index in [9.17, 15) is 4.79 Å². The van der Waals surface area contributed by atoms with E-state index >= 15 is 0 Å². The van der Waals surface area contributed by atoms with Crippen molar-refractivity contribution < 1.29 is 9.21 Å². The average Bonchev–Trinajstić information content (AvgIpc) is 3.42. The van der Waals surface area contributed by atoms with E-state index < -0.39 is 0 Å². The Morgan fingerprint density at radius 3 is 2.60 bits per heavy atom. The average molecular weight is 469 g/mol. The monoisotopic (exact) mass is 468 g/mol. The molecule has 0 spiro atoms. The molecule has 2 aromatic heterocycles. The van der Waals surface area contributed by atoms with Gasteiger partial charge in [-0.15, -0.1) is 36.2 Å². The number of thiazole rings is 1. The van der Waals surface area contributed by atoms with E-state index in [1.165, 1.54) is 11.3 Å². The molecule has 30 heavy (non-hydrogen) atoms. The number of aromatic nitrogens is 1. The zero-order valence-electron chi connectivity index (χ0n) is 16.5. The van der Waals surface area contributed by atoms with Crippen LogP contribution in [-0.4, -0.2) is 55.1 Å². The van der Waals surface area contributed by atoms with Crippen molar-refractivity contribution in [2.24, 2.45) is 0 Å². The molecule has 0 unspecified atom stereocenters. The molecule has 1 aromatic carbocycles. The van der Waals surface area contributed by atoms with Crippen molar-refractivity contribution in [2.45, 2.75) is 6.42 Å². The van der Waals surface area contributed by atoms with Crippen LogP contribution in [-0.2, 0) is 0 Å². The van der Waals surface area contributed by atoms with Crippen molar-refractivity contribution in [3.8, 4) is 22.0 Å². The Morgan fingerprint density at radius 2 is 1.90 bits per heavy atom. The molecule has 4 rings (SSSR count). The van der Waals surface area contributed by atoms with Crippen molar-refractivity contribution in [1.29, 1.82) is 0 Å². The zero-order valence-corrected chi connectivity index (χ0v) is 19.0. The molecule has 0 aliphatic carbocycles. The predicted molar refractivity (Wildman–Crippen MR) is 126 cm³/mol. The summed E-state index contributed by atoms with van der Waals surface area (Å²) in [6.07, 6.45) is 2.56. The van der Waals surface area contributed by atoms with Crippen LogP contribution in [0.15, 0.2) is 53.1 Å². The third kappa shape index (κ3) is 6.06. The fourth-order valence-electron chi connectivity index (χ4n) is 3.29. The summed E-state index contributed by atoms with van der Waals surface area (Å²) in [5.74, 6) is 0.606. The molecule has 0 bridgehead atoms. The Balaban J connectivity index is 0.00000160. The van der Waals surface area contributed by atoms with Crippen LogP contribution in [0.2, 0.25) is 0 Å². The lowest BCUT2D eigenvalue weighted by atomic mass is 10.1. The van der Waals surface area contributed by atoms with Gasteiger partial charge in [0.25, 0.3) is 5.91 Å². The number of nitrogens with one attached hydrogen (secondary N) is 2. The molecule has 1 saturated heterocycles. The minimum Gasteiger partial charge on any atom is -0.462 e. The zero-order chi connectivity index (χ0) is 19.2. The van der Waals surface area contributed by atoms with Crippen LogP contribution in [0, 0.1) is 0 Å². The molecule has 9 heteroatoms. The first-order valence-electron chi connectivity index (χ1n) is 9.62. The van der Waals surface area contributed by atoms with E-state index in [0.717, 1.165) is 49.7 Å². The van der Waals surface area contributed by atoms with Crippen molar-refractivity contribution in [2.75, 3.05) is 39.3 Å². The van der Waals surface area contributed by atoms with Gasteiger partial charge in [-0.3, -0.25) is 4.79 Å². The first-order valence-corrected chi connectivity index (χ1v) is 10.4. The van der Waals surface area contributed by atoms with E-state index in [2.05, 4.69) is 15.5 Å². The maximum absolute atomic E-state index is 12.9. The SMILES string of the molecule is Cl.Cl.O=C(NCCCN1CCNCC1)c1sc(-c2ccco2)nc1-c1ccccc1. The smallest absolute Gasteiger partial charge is 0.263 e. The summed E-state index contributed by atoms with van der Waals surface area (Å²) in [5.41, 5.74) is 1.64. The predicted octanol–water partition coefficient (Wildman–Crippen LogP) is 3.94. The van der Waals surface area contributed by atoms with Gasteiger partial charge in [-0.2, -0.15) is 0 Å². The van der Waals surface area contributed by atoms with Gasteiger partial charge in [-0.1, -0.05) is 30.3 Å². The molecular weight excluding hydrogens is 443 g/mol. The summed E-state index contributed by atoms with van der Waals surface area (Å²) < 4.78 is 5.47. The summed E-state index contributed by atoms with van der Waals surface area (Å²) in [6, 6.07) is 13.5. The number of amides is 1. The Kier molecular flexibility index (Phi) is 9.81. The number of carbonyl (C=O) groups excluding carboxylic acids is 1. The van der Waals surface area contributed by atoms with Gasteiger partial charge in [0.15, 0.2) is 10.8 Å². The van der Waals surface area contributed by atoms with Crippen molar-refractivity contribution >= 4 is 42.1 Å². The highest BCUT2D eigenvalue weighted by Gasteiger charge is 2.21. The van der Waals surface area contributed by atoms with Crippen LogP contribution in [0.3, 0.4) is 0 Å². The van der Waals surface area contributed by atoms with Gasteiger partial charge in [0.05, 0.1) is 12.0 Å². The second-order valence-corrected chi connectivity index (χ2v) is 7.74. The summed E-state index contributed by atoms with van der Waals surface area (Å²) in [5, 5.41) is 7.14. The van der Waals surface area contributed by atoms with E-state index in [1.54, 1.807) is 6.26 Å². The van der Waals surface area contributed by atoms with E-state index in [4.69, 9.17) is 9.40 Å². The summed E-state index contributed by atoms with van der Waals surface area (Å²) >= 11 is 1.37. The quantitative estimate of drug-likeness (QED) is 0.513. The molecule has 3 aromatic rings. The first-order chi connectivity index (χ1) is 13.8. The van der Waals surface area contributed by atoms with Crippen molar-refractivity contribution in [3.63, 3.8) is 0 Å². The van der Waals surface area contributed by atoms with Gasteiger partial charge < -0.3 is 20.0 Å². The van der Waals surface area contributed by atoms with E-state index in [0.29, 0.717) is 22.9 Å². The fourth-order valence-corrected chi connectivity index (χ4v) is 4.26. The molecule has 2 N–H and O–H groups in total. The molecule has 3 heterocycles. The molecule has 1 fully saturated rings. The lowest BCUT2D eigenvalue weighted by Crippen LogP contribution is -2.44. The molecule has 1 aliphatic rings. The van der Waals surface area contributed by atoms with Crippen LogP contribution in [0.4, 0.5) is 0 Å². The first kappa shape index (κ1) is 24.4. The highest BCUT2D eigenvalue weighted by molar-refractivity contribution is 7.17. The van der Waals surface area contributed by atoms with Crippen LogP contribution >= 0.6 is 36.2 Å². The van der Waals surface area contributed by atoms with Gasteiger partial charge in [-0.05, 0) is 25.1 Å². The maximum Gasteiger partial charge on any atom is 0.263 e. The topological polar surface area (TPSA) is 70.4 Å². The Labute approximate surface area is 192 Å². The van der Waals surface area contributed by atoms with Crippen molar-refractivity contribution in [3.05, 3.63) is 53.6 Å². The van der Waals surface area contributed by atoms with Gasteiger partial charge in [0.1, 0.15) is 4.88 Å². The van der Waals surface area contributed by atoms with Crippen LogP contribution < -0.4 is 10.6 Å². The fraction of sp³-hybridized carbons (Fsp3) is 0.333. The number of benzene rings is 1. The van der Waals surface area contributed by atoms with Gasteiger partial charge in [0, 0.05) is 38.3 Å². The van der Waals surface area contributed by atoms with Gasteiger partial charge in [-0.25, -0.2) is 4.98 Å². The molecule has 1 amide bonds. The highest BCUT2D eigenvalue weighted by Crippen LogP contribution is 2.34. The Bertz CT molecular complexity index is 897. The van der Waals surface area contributed by atoms with E-state index in [1.807, 2.05) is 42.5 Å². The van der Waals surface area contributed by atoms with Gasteiger partial charge >= 0.3 is 0 Å². The van der Waals surface area contributed by atoms with Crippen LogP contribution in [0.1, 0.15) is 16.1 Å². The Hall–Kier alpha value is -1.90. The van der Waals surface area contributed by atoms with Crippen LogP contribution in [0.5, 0.6) is 0 Å². The van der Waals surface area contributed by atoms with E-state index in [-0.39, 0.29) is 30.7 Å². The largest absolute Gasteiger partial charge is 0.462 e. The lowest BCUT2D eigenvalue weighted by Gasteiger charge is -2.27. The number of rotatable bonds is 7. The number of hydrogen-bond acceptors (Lipinski definition) is 6. The number of furan rings is 1. The summed E-state index contributed by atoms with van der Waals surface area (Å²) in [6.45, 7) is 5.91. The maximum atomic E-state index is 12.9. The molecule has 0 saturated carbocycles. The standard InChI is InChI=1S/C21H24N4O2S.2ClH/c26-20(23-9-5-12-25-13-10-22-11-14-25)19-18(16-6-2-1-3-7-16)24-21(28-19)17-8-4-15-27-17;;/h1-4,6-8,15,22H,5,9-14H2,(H,23,26);2*1H. The number of nitrogens with zero attached hydrogens (tertiary/aromatic N) is 2. The molecular formula is C21H26Cl2N4O2S. The van der Waals surface area contributed by atoms with Crippen molar-refractivity contribution in [1.82, 2.24) is 20.5 Å². The Morgan fingerprint density at radius 1 is 1.13 bits per heavy atom.